The van der Waals surface area contributed by atoms with E-state index in [9.17, 15) is 14.7 Å². The van der Waals surface area contributed by atoms with Crippen molar-refractivity contribution >= 4 is 11.9 Å². The standard InChI is InChI=1S/C16H23N3O3/c20-14(17-16(15(21)22)9-4-1-5-10-16)13-8-11-19(18-13)12-6-2-3-7-12/h8,11-12H,1-7,9-10H2,(H,17,20)(H,21,22). The molecule has 0 aromatic carbocycles. The van der Waals surface area contributed by atoms with Gasteiger partial charge in [0.2, 0.25) is 0 Å². The highest BCUT2D eigenvalue weighted by Crippen LogP contribution is 2.30. The van der Waals surface area contributed by atoms with Gasteiger partial charge in [-0.15, -0.1) is 0 Å². The van der Waals surface area contributed by atoms with Crippen molar-refractivity contribution in [1.29, 1.82) is 0 Å². The molecular weight excluding hydrogens is 282 g/mol. The third-order valence-electron chi connectivity index (χ3n) is 5.01. The summed E-state index contributed by atoms with van der Waals surface area (Å²) in [7, 11) is 0. The molecule has 2 saturated carbocycles. The van der Waals surface area contributed by atoms with Crippen molar-refractivity contribution in [3.8, 4) is 0 Å². The lowest BCUT2D eigenvalue weighted by molar-refractivity contribution is -0.145. The molecule has 2 aliphatic carbocycles. The van der Waals surface area contributed by atoms with Gasteiger partial charge in [0.25, 0.3) is 5.91 Å². The zero-order valence-electron chi connectivity index (χ0n) is 12.8. The highest BCUT2D eigenvalue weighted by Gasteiger charge is 2.41. The number of hydrogen-bond donors (Lipinski definition) is 2. The van der Waals surface area contributed by atoms with Crippen LogP contribution in [0.25, 0.3) is 0 Å². The van der Waals surface area contributed by atoms with Crippen molar-refractivity contribution in [2.45, 2.75) is 69.4 Å². The van der Waals surface area contributed by atoms with Crippen LogP contribution in [0, 0.1) is 0 Å². The summed E-state index contributed by atoms with van der Waals surface area (Å²) in [6.45, 7) is 0. The maximum absolute atomic E-state index is 12.4. The van der Waals surface area contributed by atoms with Crippen LogP contribution in [-0.4, -0.2) is 32.3 Å². The molecule has 1 heterocycles. The van der Waals surface area contributed by atoms with Gasteiger partial charge in [-0.25, -0.2) is 4.79 Å². The molecule has 1 amide bonds. The lowest BCUT2D eigenvalue weighted by Gasteiger charge is -2.33. The second kappa shape index (κ2) is 6.10. The minimum Gasteiger partial charge on any atom is -0.480 e. The monoisotopic (exact) mass is 305 g/mol. The van der Waals surface area contributed by atoms with E-state index in [1.165, 1.54) is 12.8 Å². The highest BCUT2D eigenvalue weighted by atomic mass is 16.4. The smallest absolute Gasteiger partial charge is 0.329 e. The number of aliphatic carboxylic acids is 1. The van der Waals surface area contributed by atoms with Gasteiger partial charge in [0, 0.05) is 6.20 Å². The van der Waals surface area contributed by atoms with Gasteiger partial charge in [0.1, 0.15) is 11.2 Å². The fourth-order valence-electron chi connectivity index (χ4n) is 3.66. The predicted molar refractivity (Wildman–Crippen MR) is 80.7 cm³/mol. The second-order valence-corrected chi connectivity index (χ2v) is 6.52. The van der Waals surface area contributed by atoms with E-state index in [-0.39, 0.29) is 5.91 Å². The minimum atomic E-state index is -1.12. The number of rotatable bonds is 4. The summed E-state index contributed by atoms with van der Waals surface area (Å²) in [6.07, 6.45) is 10.1. The van der Waals surface area contributed by atoms with Gasteiger partial charge in [0.15, 0.2) is 0 Å². The first kappa shape index (κ1) is 15.1. The number of carboxylic acid groups (broad SMARTS) is 1. The van der Waals surface area contributed by atoms with Crippen molar-refractivity contribution in [2.24, 2.45) is 0 Å². The predicted octanol–water partition coefficient (Wildman–Crippen LogP) is 2.52. The highest BCUT2D eigenvalue weighted by molar-refractivity contribution is 5.96. The third kappa shape index (κ3) is 2.87. The number of aromatic nitrogens is 2. The summed E-state index contributed by atoms with van der Waals surface area (Å²) >= 11 is 0. The fraction of sp³-hybridized carbons (Fsp3) is 0.688. The van der Waals surface area contributed by atoms with E-state index in [1.807, 2.05) is 10.9 Å². The molecule has 2 fully saturated rings. The molecule has 2 N–H and O–H groups in total. The Morgan fingerprint density at radius 3 is 2.50 bits per heavy atom. The number of carbonyl (C=O) groups excluding carboxylic acids is 1. The van der Waals surface area contributed by atoms with Gasteiger partial charge >= 0.3 is 5.97 Å². The van der Waals surface area contributed by atoms with Crippen LogP contribution >= 0.6 is 0 Å². The van der Waals surface area contributed by atoms with Crippen LogP contribution in [0.4, 0.5) is 0 Å². The van der Waals surface area contributed by atoms with Crippen molar-refractivity contribution in [3.63, 3.8) is 0 Å². The Hall–Kier alpha value is -1.85. The van der Waals surface area contributed by atoms with Crippen LogP contribution in [0.5, 0.6) is 0 Å². The van der Waals surface area contributed by atoms with Crippen LogP contribution in [0.15, 0.2) is 12.3 Å². The molecule has 6 nitrogen and oxygen atoms in total. The molecule has 2 aliphatic rings. The summed E-state index contributed by atoms with van der Waals surface area (Å²) in [5.41, 5.74) is -0.801. The van der Waals surface area contributed by atoms with E-state index in [4.69, 9.17) is 0 Å². The normalized spacial score (nSPS) is 21.6. The van der Waals surface area contributed by atoms with Crippen LogP contribution < -0.4 is 5.32 Å². The minimum absolute atomic E-state index is 0.318. The molecule has 0 unspecified atom stereocenters. The van der Waals surface area contributed by atoms with E-state index in [0.717, 1.165) is 32.1 Å². The largest absolute Gasteiger partial charge is 0.480 e. The molecule has 6 heteroatoms. The molecular formula is C16H23N3O3. The van der Waals surface area contributed by atoms with Crippen LogP contribution in [0.2, 0.25) is 0 Å². The number of nitrogens with zero attached hydrogens (tertiary/aromatic N) is 2. The maximum Gasteiger partial charge on any atom is 0.329 e. The van der Waals surface area contributed by atoms with E-state index in [1.54, 1.807) is 6.07 Å². The fourth-order valence-corrected chi connectivity index (χ4v) is 3.66. The average Bonchev–Trinajstić information content (AvgIpc) is 3.19. The average molecular weight is 305 g/mol. The van der Waals surface area contributed by atoms with Gasteiger partial charge in [0.05, 0.1) is 6.04 Å². The van der Waals surface area contributed by atoms with E-state index >= 15 is 0 Å². The zero-order chi connectivity index (χ0) is 15.6. The molecule has 120 valence electrons. The zero-order valence-corrected chi connectivity index (χ0v) is 12.8. The Morgan fingerprint density at radius 1 is 1.18 bits per heavy atom. The topological polar surface area (TPSA) is 84.2 Å². The Kier molecular flexibility index (Phi) is 4.18. The number of amides is 1. The first-order valence-corrected chi connectivity index (χ1v) is 8.22. The third-order valence-corrected chi connectivity index (χ3v) is 5.01. The number of nitrogens with one attached hydrogen (secondary N) is 1. The summed E-state index contributed by atoms with van der Waals surface area (Å²) in [5.74, 6) is -1.31. The molecule has 1 aromatic heterocycles. The Bertz CT molecular complexity index is 555. The van der Waals surface area contributed by atoms with Gasteiger partial charge in [-0.3, -0.25) is 9.48 Å². The first-order chi connectivity index (χ1) is 10.6. The van der Waals surface area contributed by atoms with Crippen molar-refractivity contribution in [2.75, 3.05) is 0 Å². The molecule has 0 aliphatic heterocycles. The number of carbonyl (C=O) groups is 2. The Labute approximate surface area is 129 Å². The lowest BCUT2D eigenvalue weighted by atomic mass is 9.81. The van der Waals surface area contributed by atoms with E-state index < -0.39 is 11.5 Å². The van der Waals surface area contributed by atoms with Gasteiger partial charge in [-0.1, -0.05) is 32.1 Å². The van der Waals surface area contributed by atoms with Gasteiger partial charge < -0.3 is 10.4 Å². The molecule has 0 bridgehead atoms. The molecule has 22 heavy (non-hydrogen) atoms. The Morgan fingerprint density at radius 2 is 1.86 bits per heavy atom. The molecule has 0 atom stereocenters. The van der Waals surface area contributed by atoms with Crippen LogP contribution in [-0.2, 0) is 4.79 Å². The lowest BCUT2D eigenvalue weighted by Crippen LogP contribution is -2.55. The SMILES string of the molecule is O=C(NC1(C(=O)O)CCCCC1)c1ccn(C2CCCC2)n1. The number of hydrogen-bond acceptors (Lipinski definition) is 3. The Balaban J connectivity index is 1.71. The quantitative estimate of drug-likeness (QED) is 0.895. The second-order valence-electron chi connectivity index (χ2n) is 6.52. The summed E-state index contributed by atoms with van der Waals surface area (Å²) in [4.78, 5) is 24.0. The van der Waals surface area contributed by atoms with Gasteiger partial charge in [-0.2, -0.15) is 5.10 Å². The van der Waals surface area contributed by atoms with Gasteiger partial charge in [-0.05, 0) is 31.7 Å². The summed E-state index contributed by atoms with van der Waals surface area (Å²) < 4.78 is 1.86. The van der Waals surface area contributed by atoms with Crippen molar-refractivity contribution in [3.05, 3.63) is 18.0 Å². The van der Waals surface area contributed by atoms with Crippen LogP contribution in [0.1, 0.15) is 74.3 Å². The van der Waals surface area contributed by atoms with Crippen molar-refractivity contribution in [1.82, 2.24) is 15.1 Å². The molecule has 0 spiro atoms. The van der Waals surface area contributed by atoms with E-state index in [2.05, 4.69) is 10.4 Å². The molecule has 0 saturated heterocycles. The molecule has 0 radical (unpaired) electrons. The molecule has 1 aromatic rings. The van der Waals surface area contributed by atoms with Crippen LogP contribution in [0.3, 0.4) is 0 Å². The van der Waals surface area contributed by atoms with E-state index in [0.29, 0.717) is 24.6 Å². The maximum atomic E-state index is 12.4. The molecule has 3 rings (SSSR count). The first-order valence-electron chi connectivity index (χ1n) is 8.22. The number of carboxylic acids is 1. The van der Waals surface area contributed by atoms with Crippen molar-refractivity contribution < 1.29 is 14.7 Å². The summed E-state index contributed by atoms with van der Waals surface area (Å²) in [6, 6.07) is 2.07. The summed E-state index contributed by atoms with van der Waals surface area (Å²) in [5, 5.41) is 16.6.